The predicted octanol–water partition coefficient (Wildman–Crippen LogP) is -0.195. The van der Waals surface area contributed by atoms with Crippen LogP contribution in [0.1, 0.15) is 26.7 Å². The van der Waals surface area contributed by atoms with E-state index < -0.39 is 0 Å². The van der Waals surface area contributed by atoms with Gasteiger partial charge in [-0.25, -0.2) is 0 Å². The van der Waals surface area contributed by atoms with E-state index >= 15 is 0 Å². The Balaban J connectivity index is 2.62. The predicted molar refractivity (Wildman–Crippen MR) is 61.7 cm³/mol. The number of nitrogens with zero attached hydrogens (tertiary/aromatic N) is 2. The van der Waals surface area contributed by atoms with Gasteiger partial charge in [-0.15, -0.1) is 0 Å². The van der Waals surface area contributed by atoms with Crippen molar-refractivity contribution in [2.75, 3.05) is 26.2 Å². The molecule has 0 spiro atoms. The molecule has 0 radical (unpaired) electrons. The Morgan fingerprint density at radius 1 is 1.50 bits per heavy atom. The van der Waals surface area contributed by atoms with Gasteiger partial charge in [-0.2, -0.15) is 0 Å². The van der Waals surface area contributed by atoms with Crippen LogP contribution < -0.4 is 5.73 Å². The maximum Gasteiger partial charge on any atom is 0.236 e. The molecule has 1 aliphatic rings. The van der Waals surface area contributed by atoms with E-state index in [4.69, 9.17) is 5.73 Å². The summed E-state index contributed by atoms with van der Waals surface area (Å²) < 4.78 is 0. The zero-order valence-electron chi connectivity index (χ0n) is 10.1. The molecule has 0 bridgehead atoms. The number of nitrogens with two attached hydrogens (primary N) is 1. The highest BCUT2D eigenvalue weighted by Gasteiger charge is 2.27. The molecule has 0 unspecified atom stereocenters. The zero-order valence-corrected chi connectivity index (χ0v) is 10.1. The summed E-state index contributed by atoms with van der Waals surface area (Å²) in [6.07, 6.45) is 1.92. The van der Waals surface area contributed by atoms with Crippen LogP contribution in [0.4, 0.5) is 0 Å². The van der Waals surface area contributed by atoms with Gasteiger partial charge in [0.05, 0.1) is 6.54 Å². The molecule has 92 valence electrons. The van der Waals surface area contributed by atoms with Crippen molar-refractivity contribution in [3.8, 4) is 0 Å². The zero-order chi connectivity index (χ0) is 12.1. The van der Waals surface area contributed by atoms with Crippen LogP contribution in [0, 0.1) is 0 Å². The van der Waals surface area contributed by atoms with Gasteiger partial charge >= 0.3 is 0 Å². The summed E-state index contributed by atoms with van der Waals surface area (Å²) in [6, 6.07) is 0.159. The van der Waals surface area contributed by atoms with Crippen LogP contribution in [0.5, 0.6) is 0 Å². The van der Waals surface area contributed by atoms with Crippen molar-refractivity contribution in [1.82, 2.24) is 9.80 Å². The molecular weight excluding hydrogens is 206 g/mol. The van der Waals surface area contributed by atoms with Crippen LogP contribution in [-0.4, -0.2) is 53.8 Å². The summed E-state index contributed by atoms with van der Waals surface area (Å²) in [5, 5.41) is 0. The first-order valence-electron chi connectivity index (χ1n) is 5.85. The quantitative estimate of drug-likeness (QED) is 0.726. The average Bonchev–Trinajstić information content (AvgIpc) is 2.29. The van der Waals surface area contributed by atoms with E-state index in [1.165, 1.54) is 0 Å². The Hall–Kier alpha value is -1.10. The third kappa shape index (κ3) is 2.95. The Morgan fingerprint density at radius 2 is 2.19 bits per heavy atom. The first-order chi connectivity index (χ1) is 7.60. The van der Waals surface area contributed by atoms with Gasteiger partial charge in [-0.3, -0.25) is 9.59 Å². The molecule has 2 N–H and O–H groups in total. The first kappa shape index (κ1) is 13.0. The smallest absolute Gasteiger partial charge is 0.236 e. The number of amides is 2. The lowest BCUT2D eigenvalue weighted by Crippen LogP contribution is -2.52. The lowest BCUT2D eigenvalue weighted by Gasteiger charge is -2.38. The monoisotopic (exact) mass is 227 g/mol. The standard InChI is InChI=1S/C11H21N3O2/c1-3-14(9(2)15)10-5-4-6-13(8-10)11(16)7-12/h10H,3-8,12H2,1-2H3/t10-/m1/s1. The minimum Gasteiger partial charge on any atom is -0.340 e. The molecule has 0 aliphatic carbocycles. The van der Waals surface area contributed by atoms with Gasteiger partial charge in [0.25, 0.3) is 0 Å². The van der Waals surface area contributed by atoms with Crippen molar-refractivity contribution in [1.29, 1.82) is 0 Å². The van der Waals surface area contributed by atoms with Crippen molar-refractivity contribution in [2.24, 2.45) is 5.73 Å². The van der Waals surface area contributed by atoms with Gasteiger partial charge < -0.3 is 15.5 Å². The maximum atomic E-state index is 11.5. The topological polar surface area (TPSA) is 66.6 Å². The lowest BCUT2D eigenvalue weighted by atomic mass is 10.0. The lowest BCUT2D eigenvalue weighted by molar-refractivity contribution is -0.137. The number of carbonyl (C=O) groups is 2. The van der Waals surface area contributed by atoms with Gasteiger partial charge in [-0.1, -0.05) is 0 Å². The fourth-order valence-electron chi connectivity index (χ4n) is 2.30. The molecule has 0 aromatic heterocycles. The molecule has 1 fully saturated rings. The van der Waals surface area contributed by atoms with E-state index in [1.54, 1.807) is 11.8 Å². The van der Waals surface area contributed by atoms with Crippen LogP contribution in [0.25, 0.3) is 0 Å². The molecule has 5 heteroatoms. The Labute approximate surface area is 96.6 Å². The van der Waals surface area contributed by atoms with Gasteiger partial charge in [-0.05, 0) is 19.8 Å². The van der Waals surface area contributed by atoms with E-state index in [0.29, 0.717) is 13.1 Å². The molecule has 2 amide bonds. The number of likely N-dealkylation sites (N-methyl/N-ethyl adjacent to an activating group) is 1. The summed E-state index contributed by atoms with van der Waals surface area (Å²) in [5.41, 5.74) is 5.34. The van der Waals surface area contributed by atoms with E-state index in [1.807, 2.05) is 11.8 Å². The number of piperidine rings is 1. The molecule has 1 saturated heterocycles. The maximum absolute atomic E-state index is 11.5. The van der Waals surface area contributed by atoms with E-state index in [-0.39, 0.29) is 24.4 Å². The van der Waals surface area contributed by atoms with Gasteiger partial charge in [0.15, 0.2) is 0 Å². The molecule has 5 nitrogen and oxygen atoms in total. The minimum absolute atomic E-state index is 0.0238. The minimum atomic E-state index is -0.0238. The molecule has 0 aromatic carbocycles. The Bertz CT molecular complexity index is 268. The second-order valence-corrected chi connectivity index (χ2v) is 4.14. The summed E-state index contributed by atoms with van der Waals surface area (Å²) in [6.45, 7) is 5.69. The number of hydrogen-bond acceptors (Lipinski definition) is 3. The van der Waals surface area contributed by atoms with Crippen LogP contribution in [0.3, 0.4) is 0 Å². The van der Waals surface area contributed by atoms with E-state index in [0.717, 1.165) is 19.4 Å². The fourth-order valence-corrected chi connectivity index (χ4v) is 2.30. The normalized spacial score (nSPS) is 20.7. The number of carbonyl (C=O) groups excluding carboxylic acids is 2. The molecule has 1 heterocycles. The van der Waals surface area contributed by atoms with E-state index in [9.17, 15) is 9.59 Å². The van der Waals surface area contributed by atoms with Crippen molar-refractivity contribution in [3.63, 3.8) is 0 Å². The number of likely N-dealkylation sites (tertiary alicyclic amines) is 1. The number of hydrogen-bond donors (Lipinski definition) is 1. The second-order valence-electron chi connectivity index (χ2n) is 4.14. The van der Waals surface area contributed by atoms with Gasteiger partial charge in [0, 0.05) is 32.6 Å². The second kappa shape index (κ2) is 5.84. The molecule has 0 aromatic rings. The average molecular weight is 227 g/mol. The van der Waals surface area contributed by atoms with Crippen LogP contribution in [0.15, 0.2) is 0 Å². The molecule has 1 rings (SSSR count). The van der Waals surface area contributed by atoms with E-state index in [2.05, 4.69) is 0 Å². The molecule has 1 atom stereocenters. The SMILES string of the molecule is CCN(C(C)=O)[C@@H]1CCCN(C(=O)CN)C1. The largest absolute Gasteiger partial charge is 0.340 e. The van der Waals surface area contributed by atoms with Crippen LogP contribution >= 0.6 is 0 Å². The highest BCUT2D eigenvalue weighted by Crippen LogP contribution is 2.16. The molecule has 0 saturated carbocycles. The Kier molecular flexibility index (Phi) is 4.73. The van der Waals surface area contributed by atoms with Crippen molar-refractivity contribution in [2.45, 2.75) is 32.7 Å². The number of rotatable bonds is 3. The highest BCUT2D eigenvalue weighted by atomic mass is 16.2. The summed E-state index contributed by atoms with van der Waals surface area (Å²) in [5.74, 6) is 0.0545. The Morgan fingerprint density at radius 3 is 2.69 bits per heavy atom. The highest BCUT2D eigenvalue weighted by molar-refractivity contribution is 5.78. The fraction of sp³-hybridized carbons (Fsp3) is 0.818. The molecule has 16 heavy (non-hydrogen) atoms. The van der Waals surface area contributed by atoms with Crippen molar-refractivity contribution >= 4 is 11.8 Å². The van der Waals surface area contributed by atoms with Crippen LogP contribution in [-0.2, 0) is 9.59 Å². The molecule has 1 aliphatic heterocycles. The first-order valence-corrected chi connectivity index (χ1v) is 5.85. The molecular formula is C11H21N3O2. The summed E-state index contributed by atoms with van der Waals surface area (Å²) in [4.78, 5) is 26.5. The van der Waals surface area contributed by atoms with Crippen molar-refractivity contribution in [3.05, 3.63) is 0 Å². The summed E-state index contributed by atoms with van der Waals surface area (Å²) in [7, 11) is 0. The summed E-state index contributed by atoms with van der Waals surface area (Å²) >= 11 is 0. The third-order valence-corrected chi connectivity index (χ3v) is 3.11. The van der Waals surface area contributed by atoms with Crippen LogP contribution in [0.2, 0.25) is 0 Å². The van der Waals surface area contributed by atoms with Crippen molar-refractivity contribution < 1.29 is 9.59 Å². The van der Waals surface area contributed by atoms with Gasteiger partial charge in [0.2, 0.25) is 11.8 Å². The van der Waals surface area contributed by atoms with Gasteiger partial charge in [0.1, 0.15) is 0 Å². The third-order valence-electron chi connectivity index (χ3n) is 3.11.